The molecule has 0 saturated carbocycles. The van der Waals surface area contributed by atoms with Crippen molar-refractivity contribution in [2.24, 2.45) is 0 Å². The third kappa shape index (κ3) is 4.28. The fraction of sp³-hybridized carbons (Fsp3) is 0.211. The number of nitrogens with one attached hydrogen (secondary N) is 2. The highest BCUT2D eigenvalue weighted by molar-refractivity contribution is 9.10. The standard InChI is InChI=1S/C19H18BrN3O4/c1-26-16-7-3-11(9-14(16)20)4-8-17(24)21-12-5-6-15-13(10-12)18(23-22-15)19(25)27-2/h3,5-7,9-10H,4,8H2,1-2H3,(H,21,24)(H,22,23). The number of nitrogens with zero attached hydrogens (tertiary/aromatic N) is 1. The van der Waals surface area contributed by atoms with Crippen LogP contribution in [0.5, 0.6) is 5.75 Å². The highest BCUT2D eigenvalue weighted by Crippen LogP contribution is 2.26. The van der Waals surface area contributed by atoms with Gasteiger partial charge in [-0.05, 0) is 58.2 Å². The Kier molecular flexibility index (Phi) is 5.75. The van der Waals surface area contributed by atoms with Crippen molar-refractivity contribution in [3.63, 3.8) is 0 Å². The summed E-state index contributed by atoms with van der Waals surface area (Å²) in [6.45, 7) is 0. The minimum absolute atomic E-state index is 0.121. The molecule has 2 aromatic carbocycles. The number of aromatic amines is 1. The number of rotatable bonds is 6. The minimum Gasteiger partial charge on any atom is -0.496 e. The molecular weight excluding hydrogens is 414 g/mol. The van der Waals surface area contributed by atoms with E-state index in [0.29, 0.717) is 29.4 Å². The maximum atomic E-state index is 12.3. The van der Waals surface area contributed by atoms with Crippen molar-refractivity contribution in [2.75, 3.05) is 19.5 Å². The number of anilines is 1. The van der Waals surface area contributed by atoms with E-state index in [-0.39, 0.29) is 11.6 Å². The van der Waals surface area contributed by atoms with Crippen molar-refractivity contribution in [1.29, 1.82) is 0 Å². The van der Waals surface area contributed by atoms with Crippen LogP contribution in [0.25, 0.3) is 10.9 Å². The van der Waals surface area contributed by atoms with Gasteiger partial charge in [-0.25, -0.2) is 4.79 Å². The van der Waals surface area contributed by atoms with Crippen LogP contribution in [0.3, 0.4) is 0 Å². The molecule has 0 aliphatic rings. The molecule has 1 aromatic heterocycles. The Morgan fingerprint density at radius 3 is 2.70 bits per heavy atom. The molecule has 0 spiro atoms. The number of carbonyl (C=O) groups excluding carboxylic acids is 2. The van der Waals surface area contributed by atoms with Gasteiger partial charge < -0.3 is 14.8 Å². The van der Waals surface area contributed by atoms with Gasteiger partial charge in [0.25, 0.3) is 0 Å². The van der Waals surface area contributed by atoms with Crippen molar-refractivity contribution in [3.8, 4) is 5.75 Å². The van der Waals surface area contributed by atoms with Crippen LogP contribution in [-0.2, 0) is 16.0 Å². The van der Waals surface area contributed by atoms with Gasteiger partial charge in [-0.15, -0.1) is 0 Å². The van der Waals surface area contributed by atoms with Gasteiger partial charge >= 0.3 is 5.97 Å². The Morgan fingerprint density at radius 1 is 1.19 bits per heavy atom. The molecule has 140 valence electrons. The predicted octanol–water partition coefficient (Wildman–Crippen LogP) is 3.69. The maximum absolute atomic E-state index is 12.3. The Morgan fingerprint density at radius 2 is 2.00 bits per heavy atom. The van der Waals surface area contributed by atoms with Gasteiger partial charge in [0.15, 0.2) is 5.69 Å². The molecule has 0 aliphatic heterocycles. The van der Waals surface area contributed by atoms with Gasteiger partial charge in [0.1, 0.15) is 5.75 Å². The zero-order valence-electron chi connectivity index (χ0n) is 14.8. The van der Waals surface area contributed by atoms with Crippen LogP contribution in [0.4, 0.5) is 5.69 Å². The lowest BCUT2D eigenvalue weighted by molar-refractivity contribution is -0.116. The van der Waals surface area contributed by atoms with Crippen LogP contribution < -0.4 is 10.1 Å². The lowest BCUT2D eigenvalue weighted by atomic mass is 10.1. The maximum Gasteiger partial charge on any atom is 0.359 e. The second kappa shape index (κ2) is 8.22. The molecule has 0 aliphatic carbocycles. The van der Waals surface area contributed by atoms with E-state index in [1.54, 1.807) is 25.3 Å². The number of halogens is 1. The molecule has 0 radical (unpaired) electrons. The molecule has 0 saturated heterocycles. The van der Waals surface area contributed by atoms with Gasteiger partial charge in [0, 0.05) is 17.5 Å². The number of aryl methyl sites for hydroxylation is 1. The van der Waals surface area contributed by atoms with Gasteiger partial charge in [-0.1, -0.05) is 6.07 Å². The number of H-pyrrole nitrogens is 1. The SMILES string of the molecule is COC(=O)c1n[nH]c2ccc(NC(=O)CCc3ccc(OC)c(Br)c3)cc12. The van der Waals surface area contributed by atoms with E-state index in [9.17, 15) is 9.59 Å². The smallest absolute Gasteiger partial charge is 0.359 e. The zero-order valence-corrected chi connectivity index (χ0v) is 16.4. The molecule has 7 nitrogen and oxygen atoms in total. The Balaban J connectivity index is 1.67. The highest BCUT2D eigenvalue weighted by atomic mass is 79.9. The van der Waals surface area contributed by atoms with E-state index in [1.165, 1.54) is 7.11 Å². The normalized spacial score (nSPS) is 10.6. The Labute approximate surface area is 164 Å². The molecule has 8 heteroatoms. The summed E-state index contributed by atoms with van der Waals surface area (Å²) < 4.78 is 10.8. The van der Waals surface area contributed by atoms with Gasteiger partial charge in [-0.3, -0.25) is 9.89 Å². The molecule has 0 atom stereocenters. The molecule has 3 rings (SSSR count). The molecule has 0 bridgehead atoms. The first kappa shape index (κ1) is 18.9. The molecule has 27 heavy (non-hydrogen) atoms. The van der Waals surface area contributed by atoms with Crippen LogP contribution in [0.15, 0.2) is 40.9 Å². The average molecular weight is 432 g/mol. The van der Waals surface area contributed by atoms with Crippen molar-refractivity contribution < 1.29 is 19.1 Å². The first-order valence-electron chi connectivity index (χ1n) is 8.20. The largest absolute Gasteiger partial charge is 0.496 e. The summed E-state index contributed by atoms with van der Waals surface area (Å²) in [5, 5.41) is 10.2. The van der Waals surface area contributed by atoms with Crippen LogP contribution in [0.2, 0.25) is 0 Å². The van der Waals surface area contributed by atoms with Crippen LogP contribution in [-0.4, -0.2) is 36.3 Å². The van der Waals surface area contributed by atoms with Gasteiger partial charge in [0.05, 0.1) is 24.2 Å². The quantitative estimate of drug-likeness (QED) is 0.580. The summed E-state index contributed by atoms with van der Waals surface area (Å²) in [6.07, 6.45) is 0.918. The van der Waals surface area contributed by atoms with E-state index >= 15 is 0 Å². The van der Waals surface area contributed by atoms with Crippen LogP contribution >= 0.6 is 15.9 Å². The number of hydrogen-bond donors (Lipinski definition) is 2. The number of ether oxygens (including phenoxy) is 2. The van der Waals surface area contributed by atoms with Crippen molar-refractivity contribution >= 4 is 44.4 Å². The average Bonchev–Trinajstić information content (AvgIpc) is 3.09. The minimum atomic E-state index is -0.533. The zero-order chi connectivity index (χ0) is 19.4. The molecule has 3 aromatic rings. The molecule has 1 amide bonds. The molecule has 0 fully saturated rings. The highest BCUT2D eigenvalue weighted by Gasteiger charge is 2.15. The topological polar surface area (TPSA) is 93.3 Å². The number of amides is 1. The summed E-state index contributed by atoms with van der Waals surface area (Å²) in [6, 6.07) is 10.9. The second-order valence-corrected chi connectivity index (χ2v) is 6.70. The number of aromatic nitrogens is 2. The third-order valence-corrected chi connectivity index (χ3v) is 4.70. The number of methoxy groups -OCH3 is 2. The summed E-state index contributed by atoms with van der Waals surface area (Å²) in [4.78, 5) is 24.0. The van der Waals surface area contributed by atoms with E-state index in [1.807, 2.05) is 18.2 Å². The predicted molar refractivity (Wildman–Crippen MR) is 105 cm³/mol. The summed E-state index contributed by atoms with van der Waals surface area (Å²) >= 11 is 3.44. The lowest BCUT2D eigenvalue weighted by Crippen LogP contribution is -2.12. The number of fused-ring (bicyclic) bond motifs is 1. The molecule has 0 unspecified atom stereocenters. The summed E-state index contributed by atoms with van der Waals surface area (Å²) in [5.74, 6) is 0.0947. The van der Waals surface area contributed by atoms with Gasteiger partial charge in [-0.2, -0.15) is 5.10 Å². The number of carbonyl (C=O) groups is 2. The number of esters is 1. The summed E-state index contributed by atoms with van der Waals surface area (Å²) in [5.41, 5.74) is 2.49. The van der Waals surface area contributed by atoms with E-state index in [2.05, 4.69) is 31.4 Å². The molecule has 1 heterocycles. The fourth-order valence-corrected chi connectivity index (χ4v) is 3.28. The molecule has 2 N–H and O–H groups in total. The Bertz CT molecular complexity index is 1000. The third-order valence-electron chi connectivity index (χ3n) is 4.08. The second-order valence-electron chi connectivity index (χ2n) is 5.84. The van der Waals surface area contributed by atoms with Crippen LogP contribution in [0, 0.1) is 0 Å². The fourth-order valence-electron chi connectivity index (χ4n) is 2.69. The lowest BCUT2D eigenvalue weighted by Gasteiger charge is -2.08. The molecular formula is C19H18BrN3O4. The van der Waals surface area contributed by atoms with E-state index in [4.69, 9.17) is 9.47 Å². The summed E-state index contributed by atoms with van der Waals surface area (Å²) in [7, 11) is 2.90. The van der Waals surface area contributed by atoms with Crippen molar-refractivity contribution in [2.45, 2.75) is 12.8 Å². The Hall–Kier alpha value is -2.87. The number of hydrogen-bond acceptors (Lipinski definition) is 5. The van der Waals surface area contributed by atoms with Crippen molar-refractivity contribution in [3.05, 3.63) is 52.1 Å². The van der Waals surface area contributed by atoms with E-state index < -0.39 is 5.97 Å². The number of benzene rings is 2. The van der Waals surface area contributed by atoms with Crippen LogP contribution in [0.1, 0.15) is 22.5 Å². The van der Waals surface area contributed by atoms with E-state index in [0.717, 1.165) is 15.8 Å². The first-order valence-corrected chi connectivity index (χ1v) is 9.00. The first-order chi connectivity index (χ1) is 13.0. The van der Waals surface area contributed by atoms with Gasteiger partial charge in [0.2, 0.25) is 5.91 Å². The monoisotopic (exact) mass is 431 g/mol. The van der Waals surface area contributed by atoms with Crippen molar-refractivity contribution in [1.82, 2.24) is 10.2 Å².